The van der Waals surface area contributed by atoms with Crippen molar-refractivity contribution >= 4 is 0 Å². The van der Waals surface area contributed by atoms with E-state index in [9.17, 15) is 0 Å². The van der Waals surface area contributed by atoms with Crippen LogP contribution >= 0.6 is 0 Å². The number of hydrogen-bond donors (Lipinski definition) is 1. The maximum absolute atomic E-state index is 3.52. The lowest BCUT2D eigenvalue weighted by Crippen LogP contribution is -2.30. The molecule has 0 spiro atoms. The zero-order valence-electron chi connectivity index (χ0n) is 10.4. The first-order chi connectivity index (χ1) is 7.15. The molecule has 0 aliphatic heterocycles. The molecule has 0 bridgehead atoms. The molecule has 0 aromatic heterocycles. The molecule has 0 aliphatic carbocycles. The second kappa shape index (κ2) is 5.92. The van der Waals surface area contributed by atoms with Gasteiger partial charge in [0.15, 0.2) is 0 Å². The fourth-order valence-corrected chi connectivity index (χ4v) is 2.12. The summed E-state index contributed by atoms with van der Waals surface area (Å²) >= 11 is 0. The second-order valence-corrected chi connectivity index (χ2v) is 4.36. The van der Waals surface area contributed by atoms with Crippen LogP contribution in [0.4, 0.5) is 0 Å². The van der Waals surface area contributed by atoms with Crippen LogP contribution in [0.2, 0.25) is 0 Å². The standard InChI is InChI=1S/C14H23N/c1-5-14(15-6-2)10-13-8-11(3)7-12(4)9-13/h7-9,14-15H,5-6,10H2,1-4H3. The van der Waals surface area contributed by atoms with Gasteiger partial charge in [-0.05, 0) is 38.8 Å². The average molecular weight is 205 g/mol. The van der Waals surface area contributed by atoms with Crippen LogP contribution < -0.4 is 5.32 Å². The molecule has 84 valence electrons. The van der Waals surface area contributed by atoms with Gasteiger partial charge in [-0.2, -0.15) is 0 Å². The molecule has 0 fully saturated rings. The number of likely N-dealkylation sites (N-methyl/N-ethyl adjacent to an activating group) is 1. The molecule has 1 aromatic rings. The van der Waals surface area contributed by atoms with Crippen LogP contribution in [-0.2, 0) is 6.42 Å². The topological polar surface area (TPSA) is 12.0 Å². The van der Waals surface area contributed by atoms with Crippen LogP contribution in [0.3, 0.4) is 0 Å². The van der Waals surface area contributed by atoms with Crippen molar-refractivity contribution in [3.8, 4) is 0 Å². The molecule has 1 rings (SSSR count). The van der Waals surface area contributed by atoms with Crippen LogP contribution in [0, 0.1) is 13.8 Å². The van der Waals surface area contributed by atoms with E-state index in [1.165, 1.54) is 23.1 Å². The third-order valence-corrected chi connectivity index (χ3v) is 2.75. The molecule has 1 unspecified atom stereocenters. The smallest absolute Gasteiger partial charge is 0.0105 e. The normalized spacial score (nSPS) is 12.8. The van der Waals surface area contributed by atoms with E-state index in [0.29, 0.717) is 6.04 Å². The minimum Gasteiger partial charge on any atom is -0.314 e. The van der Waals surface area contributed by atoms with Crippen molar-refractivity contribution in [3.05, 3.63) is 34.9 Å². The monoisotopic (exact) mass is 205 g/mol. The van der Waals surface area contributed by atoms with E-state index in [1.807, 2.05) is 0 Å². The number of nitrogens with one attached hydrogen (secondary N) is 1. The molecular weight excluding hydrogens is 182 g/mol. The highest BCUT2D eigenvalue weighted by Crippen LogP contribution is 2.11. The van der Waals surface area contributed by atoms with Gasteiger partial charge in [0.2, 0.25) is 0 Å². The third kappa shape index (κ3) is 4.05. The zero-order valence-corrected chi connectivity index (χ0v) is 10.4. The van der Waals surface area contributed by atoms with Crippen LogP contribution in [0.15, 0.2) is 18.2 Å². The van der Waals surface area contributed by atoms with E-state index in [1.54, 1.807) is 0 Å². The van der Waals surface area contributed by atoms with Gasteiger partial charge in [0, 0.05) is 6.04 Å². The summed E-state index contributed by atoms with van der Waals surface area (Å²) in [6.45, 7) is 9.82. The Morgan fingerprint density at radius 2 is 1.67 bits per heavy atom. The average Bonchev–Trinajstić information content (AvgIpc) is 2.15. The van der Waals surface area contributed by atoms with E-state index in [4.69, 9.17) is 0 Å². The highest BCUT2D eigenvalue weighted by Gasteiger charge is 2.06. The Morgan fingerprint density at radius 1 is 1.07 bits per heavy atom. The maximum Gasteiger partial charge on any atom is 0.0105 e. The first kappa shape index (κ1) is 12.3. The minimum absolute atomic E-state index is 0.621. The molecule has 1 N–H and O–H groups in total. The fraction of sp³-hybridized carbons (Fsp3) is 0.571. The van der Waals surface area contributed by atoms with E-state index in [-0.39, 0.29) is 0 Å². The lowest BCUT2D eigenvalue weighted by atomic mass is 10.00. The molecule has 1 heteroatoms. The molecule has 0 radical (unpaired) electrons. The van der Waals surface area contributed by atoms with Gasteiger partial charge in [-0.25, -0.2) is 0 Å². The molecule has 1 aromatic carbocycles. The predicted octanol–water partition coefficient (Wildman–Crippen LogP) is 3.23. The summed E-state index contributed by atoms with van der Waals surface area (Å²) in [6.07, 6.45) is 2.34. The molecule has 0 amide bonds. The molecule has 0 aliphatic rings. The Balaban J connectivity index is 2.69. The van der Waals surface area contributed by atoms with Crippen molar-refractivity contribution in [3.63, 3.8) is 0 Å². The molecular formula is C14H23N. The number of hydrogen-bond acceptors (Lipinski definition) is 1. The number of benzene rings is 1. The molecule has 1 nitrogen and oxygen atoms in total. The van der Waals surface area contributed by atoms with Crippen LogP contribution in [0.25, 0.3) is 0 Å². The Morgan fingerprint density at radius 3 is 2.13 bits per heavy atom. The van der Waals surface area contributed by atoms with E-state index in [2.05, 4.69) is 51.2 Å². The van der Waals surface area contributed by atoms with Crippen LogP contribution in [0.5, 0.6) is 0 Å². The highest BCUT2D eigenvalue weighted by atomic mass is 14.9. The summed E-state index contributed by atoms with van der Waals surface area (Å²) in [4.78, 5) is 0. The van der Waals surface area contributed by atoms with Crippen molar-refractivity contribution in [1.29, 1.82) is 0 Å². The van der Waals surface area contributed by atoms with Crippen LogP contribution in [0.1, 0.15) is 37.0 Å². The number of aryl methyl sites for hydroxylation is 2. The van der Waals surface area contributed by atoms with Gasteiger partial charge in [-0.15, -0.1) is 0 Å². The van der Waals surface area contributed by atoms with Crippen molar-refractivity contribution < 1.29 is 0 Å². The largest absolute Gasteiger partial charge is 0.314 e. The lowest BCUT2D eigenvalue weighted by Gasteiger charge is -2.16. The Hall–Kier alpha value is -0.820. The summed E-state index contributed by atoms with van der Waals surface area (Å²) < 4.78 is 0. The fourth-order valence-electron chi connectivity index (χ4n) is 2.12. The van der Waals surface area contributed by atoms with Gasteiger partial charge < -0.3 is 5.32 Å². The predicted molar refractivity (Wildman–Crippen MR) is 67.4 cm³/mol. The highest BCUT2D eigenvalue weighted by molar-refractivity contribution is 5.29. The summed E-state index contributed by atoms with van der Waals surface area (Å²) in [7, 11) is 0. The molecule has 0 heterocycles. The van der Waals surface area contributed by atoms with Crippen molar-refractivity contribution in [2.75, 3.05) is 6.54 Å². The summed E-state index contributed by atoms with van der Waals surface area (Å²) in [5.74, 6) is 0. The Kier molecular flexibility index (Phi) is 4.83. The van der Waals surface area contributed by atoms with Crippen molar-refractivity contribution in [2.24, 2.45) is 0 Å². The van der Waals surface area contributed by atoms with Crippen molar-refractivity contribution in [1.82, 2.24) is 5.32 Å². The van der Waals surface area contributed by atoms with E-state index < -0.39 is 0 Å². The third-order valence-electron chi connectivity index (χ3n) is 2.75. The van der Waals surface area contributed by atoms with Gasteiger partial charge in [0.25, 0.3) is 0 Å². The SMILES string of the molecule is CCNC(CC)Cc1cc(C)cc(C)c1. The second-order valence-electron chi connectivity index (χ2n) is 4.36. The number of rotatable bonds is 5. The van der Waals surface area contributed by atoms with Gasteiger partial charge in [0.05, 0.1) is 0 Å². The van der Waals surface area contributed by atoms with Crippen LogP contribution in [-0.4, -0.2) is 12.6 Å². The zero-order chi connectivity index (χ0) is 11.3. The first-order valence-corrected chi connectivity index (χ1v) is 5.96. The maximum atomic E-state index is 3.52. The summed E-state index contributed by atoms with van der Waals surface area (Å²) in [5.41, 5.74) is 4.20. The molecule has 15 heavy (non-hydrogen) atoms. The van der Waals surface area contributed by atoms with E-state index in [0.717, 1.165) is 13.0 Å². The van der Waals surface area contributed by atoms with E-state index >= 15 is 0 Å². The molecule has 1 atom stereocenters. The van der Waals surface area contributed by atoms with Gasteiger partial charge in [-0.1, -0.05) is 43.2 Å². The van der Waals surface area contributed by atoms with Gasteiger partial charge in [0.1, 0.15) is 0 Å². The van der Waals surface area contributed by atoms with Crippen molar-refractivity contribution in [2.45, 2.75) is 46.6 Å². The molecule has 0 saturated carbocycles. The van der Waals surface area contributed by atoms with Gasteiger partial charge >= 0.3 is 0 Å². The Labute approximate surface area is 93.9 Å². The van der Waals surface area contributed by atoms with Gasteiger partial charge in [-0.3, -0.25) is 0 Å². The quantitative estimate of drug-likeness (QED) is 0.778. The molecule has 0 saturated heterocycles. The minimum atomic E-state index is 0.621. The Bertz CT molecular complexity index is 284. The first-order valence-electron chi connectivity index (χ1n) is 5.96. The summed E-state index contributed by atoms with van der Waals surface area (Å²) in [6, 6.07) is 7.45. The lowest BCUT2D eigenvalue weighted by molar-refractivity contribution is 0.510. The summed E-state index contributed by atoms with van der Waals surface area (Å²) in [5, 5.41) is 3.52.